The molecule has 1 aliphatic rings. The van der Waals surface area contributed by atoms with E-state index in [-0.39, 0.29) is 5.78 Å². The van der Waals surface area contributed by atoms with Gasteiger partial charge >= 0.3 is 0 Å². The van der Waals surface area contributed by atoms with E-state index < -0.39 is 0 Å². The number of likely N-dealkylation sites (tertiary alicyclic amines) is 1. The van der Waals surface area contributed by atoms with E-state index in [0.717, 1.165) is 19.5 Å². The molecule has 98 valence electrons. The van der Waals surface area contributed by atoms with Gasteiger partial charge in [-0.25, -0.2) is 0 Å². The van der Waals surface area contributed by atoms with E-state index in [0.29, 0.717) is 27.6 Å². The van der Waals surface area contributed by atoms with Crippen molar-refractivity contribution in [2.75, 3.05) is 19.6 Å². The van der Waals surface area contributed by atoms with Crippen LogP contribution < -0.4 is 0 Å². The van der Waals surface area contributed by atoms with E-state index >= 15 is 0 Å². The zero-order valence-electron chi connectivity index (χ0n) is 10.7. The molecule has 1 aliphatic heterocycles. The van der Waals surface area contributed by atoms with Crippen LogP contribution in [-0.4, -0.2) is 30.3 Å². The highest BCUT2D eigenvalue weighted by atomic mass is 35.5. The molecule has 0 N–H and O–H groups in total. The average molecular weight is 286 g/mol. The van der Waals surface area contributed by atoms with E-state index in [1.807, 2.05) is 0 Å². The van der Waals surface area contributed by atoms with Crippen molar-refractivity contribution in [3.8, 4) is 0 Å². The minimum Gasteiger partial charge on any atom is -0.295 e. The van der Waals surface area contributed by atoms with Gasteiger partial charge in [-0.2, -0.15) is 0 Å². The molecule has 2 nitrogen and oxygen atoms in total. The summed E-state index contributed by atoms with van der Waals surface area (Å²) in [4.78, 5) is 14.4. The lowest BCUT2D eigenvalue weighted by atomic mass is 9.93. The molecule has 1 heterocycles. The Labute approximate surface area is 118 Å². The van der Waals surface area contributed by atoms with Gasteiger partial charge in [-0.1, -0.05) is 37.0 Å². The summed E-state index contributed by atoms with van der Waals surface area (Å²) in [5.74, 6) is 0.0642. The normalized spacial score (nSPS) is 19.1. The van der Waals surface area contributed by atoms with Gasteiger partial charge in [-0.15, -0.1) is 0 Å². The van der Waals surface area contributed by atoms with Gasteiger partial charge in [-0.05, 0) is 36.6 Å². The number of carbonyl (C=O) groups is 1. The number of rotatable bonds is 3. The molecular formula is C14H17Cl2NO. The summed E-state index contributed by atoms with van der Waals surface area (Å²) >= 11 is 11.9. The lowest BCUT2D eigenvalue weighted by Gasteiger charge is -2.19. The van der Waals surface area contributed by atoms with Gasteiger partial charge in [0.15, 0.2) is 5.78 Å². The Morgan fingerprint density at radius 2 is 2.11 bits per heavy atom. The van der Waals surface area contributed by atoms with Crippen LogP contribution in [0.15, 0.2) is 18.2 Å². The van der Waals surface area contributed by atoms with Gasteiger partial charge in [0.05, 0.1) is 11.6 Å². The first-order chi connectivity index (χ1) is 8.37. The Morgan fingerprint density at radius 3 is 2.67 bits per heavy atom. The maximum atomic E-state index is 12.2. The highest BCUT2D eigenvalue weighted by Crippen LogP contribution is 2.29. The van der Waals surface area contributed by atoms with Crippen LogP contribution in [-0.2, 0) is 0 Å². The number of ketones is 1. The van der Waals surface area contributed by atoms with Gasteiger partial charge in [0.1, 0.15) is 0 Å². The smallest absolute Gasteiger partial charge is 0.178 e. The van der Waals surface area contributed by atoms with E-state index in [1.54, 1.807) is 18.2 Å². The van der Waals surface area contributed by atoms with Gasteiger partial charge < -0.3 is 0 Å². The Kier molecular flexibility index (Phi) is 4.00. The SMILES string of the molecule is CC1(C)CCN(CC(=O)c2ccc(Cl)cc2Cl)C1. The molecule has 18 heavy (non-hydrogen) atoms. The third-order valence-electron chi connectivity index (χ3n) is 3.36. The molecule has 1 aromatic rings. The van der Waals surface area contributed by atoms with Gasteiger partial charge in [0, 0.05) is 17.1 Å². The molecule has 2 rings (SSSR count). The number of benzene rings is 1. The monoisotopic (exact) mass is 285 g/mol. The molecule has 0 aliphatic carbocycles. The summed E-state index contributed by atoms with van der Waals surface area (Å²) in [6.07, 6.45) is 1.13. The van der Waals surface area contributed by atoms with Gasteiger partial charge in [0.2, 0.25) is 0 Å². The number of Topliss-reactive ketones (excluding diaryl/α,β-unsaturated/α-hetero) is 1. The van der Waals surface area contributed by atoms with Crippen molar-refractivity contribution in [1.29, 1.82) is 0 Å². The van der Waals surface area contributed by atoms with Crippen LogP contribution in [0.3, 0.4) is 0 Å². The van der Waals surface area contributed by atoms with Crippen LogP contribution in [0.1, 0.15) is 30.6 Å². The van der Waals surface area contributed by atoms with Crippen LogP contribution in [0.2, 0.25) is 10.0 Å². The average Bonchev–Trinajstić information content (AvgIpc) is 2.57. The molecule has 0 amide bonds. The van der Waals surface area contributed by atoms with Crippen molar-refractivity contribution in [3.63, 3.8) is 0 Å². The summed E-state index contributed by atoms with van der Waals surface area (Å²) in [7, 11) is 0. The van der Waals surface area contributed by atoms with Crippen molar-refractivity contribution in [1.82, 2.24) is 4.90 Å². The number of hydrogen-bond acceptors (Lipinski definition) is 2. The van der Waals surface area contributed by atoms with Crippen LogP contribution in [0.4, 0.5) is 0 Å². The number of hydrogen-bond donors (Lipinski definition) is 0. The molecule has 0 bridgehead atoms. The minimum absolute atomic E-state index is 0.0642. The Bertz CT molecular complexity index is 471. The first kappa shape index (κ1) is 13.9. The summed E-state index contributed by atoms with van der Waals surface area (Å²) in [6.45, 7) is 6.83. The predicted molar refractivity (Wildman–Crippen MR) is 75.6 cm³/mol. The lowest BCUT2D eigenvalue weighted by Crippen LogP contribution is -2.29. The second kappa shape index (κ2) is 5.20. The maximum Gasteiger partial charge on any atom is 0.178 e. The highest BCUT2D eigenvalue weighted by Gasteiger charge is 2.30. The number of halogens is 2. The number of nitrogens with zero attached hydrogens (tertiary/aromatic N) is 1. The quantitative estimate of drug-likeness (QED) is 0.785. The first-order valence-corrected chi connectivity index (χ1v) is 6.84. The van der Waals surface area contributed by atoms with Gasteiger partial charge in [0.25, 0.3) is 0 Å². The molecule has 4 heteroatoms. The first-order valence-electron chi connectivity index (χ1n) is 6.08. The van der Waals surface area contributed by atoms with Crippen molar-refractivity contribution >= 4 is 29.0 Å². The second-order valence-corrected chi connectivity index (χ2v) is 6.52. The summed E-state index contributed by atoms with van der Waals surface area (Å²) in [6, 6.07) is 5.02. The number of carbonyl (C=O) groups excluding carboxylic acids is 1. The van der Waals surface area contributed by atoms with E-state index in [2.05, 4.69) is 18.7 Å². The molecule has 0 aromatic heterocycles. The lowest BCUT2D eigenvalue weighted by molar-refractivity contribution is 0.0940. The summed E-state index contributed by atoms with van der Waals surface area (Å²) in [5.41, 5.74) is 0.870. The molecule has 0 spiro atoms. The van der Waals surface area contributed by atoms with Crippen LogP contribution in [0, 0.1) is 5.41 Å². The molecule has 1 fully saturated rings. The Morgan fingerprint density at radius 1 is 1.39 bits per heavy atom. The van der Waals surface area contributed by atoms with E-state index in [9.17, 15) is 4.79 Å². The molecule has 0 unspecified atom stereocenters. The van der Waals surface area contributed by atoms with Crippen LogP contribution in [0.25, 0.3) is 0 Å². The maximum absolute atomic E-state index is 12.2. The molecule has 0 radical (unpaired) electrons. The zero-order valence-corrected chi connectivity index (χ0v) is 12.2. The van der Waals surface area contributed by atoms with Crippen LogP contribution >= 0.6 is 23.2 Å². The van der Waals surface area contributed by atoms with E-state index in [4.69, 9.17) is 23.2 Å². The van der Waals surface area contributed by atoms with Crippen LogP contribution in [0.5, 0.6) is 0 Å². The summed E-state index contributed by atoms with van der Waals surface area (Å²) in [5, 5.41) is 0.991. The highest BCUT2D eigenvalue weighted by molar-refractivity contribution is 6.36. The Hall–Kier alpha value is -0.570. The standard InChI is InChI=1S/C14H17Cl2NO/c1-14(2)5-6-17(9-14)8-13(18)11-4-3-10(15)7-12(11)16/h3-4,7H,5-6,8-9H2,1-2H3. The molecule has 0 saturated carbocycles. The zero-order chi connectivity index (χ0) is 13.3. The summed E-state index contributed by atoms with van der Waals surface area (Å²) < 4.78 is 0. The largest absolute Gasteiger partial charge is 0.295 e. The third-order valence-corrected chi connectivity index (χ3v) is 3.90. The topological polar surface area (TPSA) is 20.3 Å². The molecular weight excluding hydrogens is 269 g/mol. The fraction of sp³-hybridized carbons (Fsp3) is 0.500. The van der Waals surface area contributed by atoms with Crippen molar-refractivity contribution in [2.45, 2.75) is 20.3 Å². The van der Waals surface area contributed by atoms with E-state index in [1.165, 1.54) is 0 Å². The third kappa shape index (κ3) is 3.25. The molecule has 0 atom stereocenters. The van der Waals surface area contributed by atoms with Gasteiger partial charge in [-0.3, -0.25) is 9.69 Å². The second-order valence-electron chi connectivity index (χ2n) is 5.67. The van der Waals surface area contributed by atoms with Crippen molar-refractivity contribution in [2.24, 2.45) is 5.41 Å². The molecule has 1 saturated heterocycles. The van der Waals surface area contributed by atoms with Crippen molar-refractivity contribution in [3.05, 3.63) is 33.8 Å². The fourth-order valence-electron chi connectivity index (χ4n) is 2.36. The predicted octanol–water partition coefficient (Wildman–Crippen LogP) is 3.91. The van der Waals surface area contributed by atoms with Crippen molar-refractivity contribution < 1.29 is 4.79 Å². The Balaban J connectivity index is 2.04. The molecule has 1 aromatic carbocycles. The fourth-order valence-corrected chi connectivity index (χ4v) is 2.88. The minimum atomic E-state index is 0.0642.